The Labute approximate surface area is 89.9 Å². The van der Waals surface area contributed by atoms with Gasteiger partial charge in [-0.15, -0.1) is 0 Å². The van der Waals surface area contributed by atoms with E-state index in [4.69, 9.17) is 23.2 Å². The molecule has 0 N–H and O–H groups in total. The number of hydrogen-bond acceptors (Lipinski definition) is 1. The Kier molecular flexibility index (Phi) is 4.79. The second kappa shape index (κ2) is 4.98. The van der Waals surface area contributed by atoms with Crippen LogP contribution in [0.25, 0.3) is 0 Å². The monoisotopic (exact) mass is 274 g/mol. The second-order valence-electron chi connectivity index (χ2n) is 2.08. The number of alkyl halides is 6. The molecule has 0 aliphatic carbocycles. The van der Waals surface area contributed by atoms with Gasteiger partial charge < -0.3 is 4.74 Å². The van der Waals surface area contributed by atoms with Crippen LogP contribution in [0.5, 0.6) is 0 Å². The van der Waals surface area contributed by atoms with Crippen molar-refractivity contribution in [2.24, 2.45) is 0 Å². The van der Waals surface area contributed by atoms with Gasteiger partial charge in [0.15, 0.2) is 10.4 Å². The minimum Gasteiger partial charge on any atom is -0.433 e. The van der Waals surface area contributed by atoms with E-state index >= 15 is 0 Å². The summed E-state index contributed by atoms with van der Waals surface area (Å²) in [5.41, 5.74) is 0. The first-order chi connectivity index (χ1) is 6.49. The Morgan fingerprint density at radius 2 is 1.07 bits per heavy atom. The van der Waals surface area contributed by atoms with Crippen LogP contribution in [-0.4, -0.2) is 12.4 Å². The lowest BCUT2D eigenvalue weighted by atomic mass is 10.6. The van der Waals surface area contributed by atoms with Gasteiger partial charge in [-0.05, 0) is 23.2 Å². The fourth-order valence-corrected chi connectivity index (χ4v) is 0.863. The molecule has 0 bridgehead atoms. The first kappa shape index (κ1) is 14.4. The van der Waals surface area contributed by atoms with Gasteiger partial charge in [-0.25, -0.2) is 0 Å². The van der Waals surface area contributed by atoms with Crippen molar-refractivity contribution in [2.45, 2.75) is 12.4 Å². The molecule has 0 aromatic carbocycles. The summed E-state index contributed by atoms with van der Waals surface area (Å²) in [6.07, 6.45) is -10.7. The fourth-order valence-electron chi connectivity index (χ4n) is 0.409. The van der Waals surface area contributed by atoms with Crippen molar-refractivity contribution in [3.63, 3.8) is 0 Å². The molecule has 0 atom stereocenters. The summed E-state index contributed by atoms with van der Waals surface area (Å²) in [4.78, 5) is 0. The van der Waals surface area contributed by atoms with E-state index in [0.717, 1.165) is 0 Å². The number of halogens is 8. The first-order valence-corrected chi connectivity index (χ1v) is 3.83. The number of ether oxygens (including phenoxy) is 1. The van der Waals surface area contributed by atoms with Crippen LogP contribution in [0.15, 0.2) is 22.6 Å². The third kappa shape index (κ3) is 9.74. The van der Waals surface area contributed by atoms with Gasteiger partial charge >= 0.3 is 12.4 Å². The van der Waals surface area contributed by atoms with Gasteiger partial charge in [0.2, 0.25) is 0 Å². The molecule has 0 saturated heterocycles. The van der Waals surface area contributed by atoms with Crippen molar-refractivity contribution in [2.75, 3.05) is 0 Å². The SMILES string of the molecule is FC(F)(F)C=C(Cl)OC(Cl)=CC(F)(F)F. The lowest BCUT2D eigenvalue weighted by molar-refractivity contribution is -0.0825. The van der Waals surface area contributed by atoms with E-state index in [1.807, 2.05) is 0 Å². The van der Waals surface area contributed by atoms with Gasteiger partial charge in [-0.1, -0.05) is 0 Å². The molecular formula is C6H2Cl2F6O. The van der Waals surface area contributed by atoms with Gasteiger partial charge in [0.25, 0.3) is 0 Å². The van der Waals surface area contributed by atoms with E-state index in [-0.39, 0.29) is 0 Å². The van der Waals surface area contributed by atoms with Crippen LogP contribution in [0.2, 0.25) is 0 Å². The highest BCUT2D eigenvalue weighted by Gasteiger charge is 2.27. The highest BCUT2D eigenvalue weighted by Crippen LogP contribution is 2.26. The quantitative estimate of drug-likeness (QED) is 0.539. The molecule has 1 nitrogen and oxygen atoms in total. The van der Waals surface area contributed by atoms with Crippen LogP contribution in [0.3, 0.4) is 0 Å². The molecule has 0 rings (SSSR count). The van der Waals surface area contributed by atoms with Gasteiger partial charge in [-0.3, -0.25) is 0 Å². The van der Waals surface area contributed by atoms with Gasteiger partial charge in [0.1, 0.15) is 0 Å². The summed E-state index contributed by atoms with van der Waals surface area (Å²) in [6, 6.07) is 0. The summed E-state index contributed by atoms with van der Waals surface area (Å²) >= 11 is 9.63. The van der Waals surface area contributed by atoms with Crippen LogP contribution >= 0.6 is 23.2 Å². The normalized spacial score (nSPS) is 15.5. The lowest BCUT2D eigenvalue weighted by Gasteiger charge is -2.05. The third-order valence-electron chi connectivity index (χ3n) is 0.749. The highest BCUT2D eigenvalue weighted by atomic mass is 35.5. The molecule has 0 aromatic heterocycles. The molecular weight excluding hydrogens is 273 g/mol. The fraction of sp³-hybridized carbons (Fsp3) is 0.333. The standard InChI is InChI=1S/C6H2Cl2F6O/c7-3(1-5(9,10)11)15-4(8)2-6(12,13)14/h1-2H. The second-order valence-corrected chi connectivity index (χ2v) is 2.83. The topological polar surface area (TPSA) is 9.23 Å². The Bertz CT molecular complexity index is 248. The van der Waals surface area contributed by atoms with E-state index in [1.165, 1.54) is 0 Å². The van der Waals surface area contributed by atoms with Crippen molar-refractivity contribution in [1.29, 1.82) is 0 Å². The van der Waals surface area contributed by atoms with Gasteiger partial charge in [0.05, 0.1) is 12.2 Å². The average molecular weight is 275 g/mol. The lowest BCUT2D eigenvalue weighted by Crippen LogP contribution is -2.05. The first-order valence-electron chi connectivity index (χ1n) is 3.07. The van der Waals surface area contributed by atoms with Crippen LogP contribution in [0.4, 0.5) is 26.3 Å². The molecule has 0 unspecified atom stereocenters. The highest BCUT2D eigenvalue weighted by molar-refractivity contribution is 6.31. The van der Waals surface area contributed by atoms with Crippen molar-refractivity contribution >= 4 is 23.2 Å². The molecule has 0 amide bonds. The van der Waals surface area contributed by atoms with Crippen molar-refractivity contribution in [1.82, 2.24) is 0 Å². The summed E-state index contributed by atoms with van der Waals surface area (Å²) in [5.74, 6) is 0. The molecule has 0 aliphatic rings. The molecule has 9 heteroatoms. The molecule has 15 heavy (non-hydrogen) atoms. The molecule has 0 radical (unpaired) electrons. The zero-order valence-electron chi connectivity index (χ0n) is 6.59. The van der Waals surface area contributed by atoms with Crippen molar-refractivity contribution in [3.05, 3.63) is 22.6 Å². The van der Waals surface area contributed by atoms with E-state index in [9.17, 15) is 26.3 Å². The summed E-state index contributed by atoms with van der Waals surface area (Å²) in [7, 11) is 0. The molecule has 0 spiro atoms. The average Bonchev–Trinajstić information content (AvgIpc) is 1.73. The van der Waals surface area contributed by atoms with Crippen molar-refractivity contribution < 1.29 is 31.1 Å². The van der Waals surface area contributed by atoms with Crippen LogP contribution in [0.1, 0.15) is 0 Å². The molecule has 0 saturated carbocycles. The maximum Gasteiger partial charge on any atom is 0.414 e. The van der Waals surface area contributed by atoms with Gasteiger partial charge in [0, 0.05) is 0 Å². The zero-order chi connectivity index (χ0) is 12.3. The Morgan fingerprint density at radius 1 is 0.800 bits per heavy atom. The van der Waals surface area contributed by atoms with E-state index in [1.54, 1.807) is 0 Å². The summed E-state index contributed by atoms with van der Waals surface area (Å²) < 4.78 is 73.2. The minimum atomic E-state index is -4.80. The summed E-state index contributed by atoms with van der Waals surface area (Å²) in [6.45, 7) is 0. The molecule has 0 aliphatic heterocycles. The largest absolute Gasteiger partial charge is 0.433 e. The number of rotatable bonds is 2. The molecule has 88 valence electrons. The van der Waals surface area contributed by atoms with E-state index in [0.29, 0.717) is 0 Å². The van der Waals surface area contributed by atoms with Crippen LogP contribution < -0.4 is 0 Å². The molecule has 0 aromatic rings. The Balaban J connectivity index is 4.50. The molecule has 0 fully saturated rings. The number of allylic oxidation sites excluding steroid dienone is 2. The maximum atomic E-state index is 11.6. The van der Waals surface area contributed by atoms with Gasteiger partial charge in [-0.2, -0.15) is 26.3 Å². The number of hydrogen-bond donors (Lipinski definition) is 0. The Hall–Kier alpha value is -0.560. The third-order valence-corrected chi connectivity index (χ3v) is 1.12. The molecule has 0 heterocycles. The van der Waals surface area contributed by atoms with E-state index in [2.05, 4.69) is 4.74 Å². The summed E-state index contributed by atoms with van der Waals surface area (Å²) in [5, 5.41) is -2.62. The van der Waals surface area contributed by atoms with Crippen LogP contribution in [-0.2, 0) is 4.74 Å². The van der Waals surface area contributed by atoms with Crippen LogP contribution in [0, 0.1) is 0 Å². The predicted octanol–water partition coefficient (Wildman–Crippen LogP) is 4.29. The van der Waals surface area contributed by atoms with E-state index < -0.39 is 34.9 Å². The Morgan fingerprint density at radius 3 is 1.27 bits per heavy atom. The predicted molar refractivity (Wildman–Crippen MR) is 41.1 cm³/mol. The van der Waals surface area contributed by atoms with Crippen molar-refractivity contribution in [3.8, 4) is 0 Å². The minimum absolute atomic E-state index is 0.541. The zero-order valence-corrected chi connectivity index (χ0v) is 8.10. The smallest absolute Gasteiger partial charge is 0.414 e. The maximum absolute atomic E-state index is 11.6.